The molecule has 24 heavy (non-hydrogen) atoms. The van der Waals surface area contributed by atoms with Crippen molar-refractivity contribution in [1.82, 2.24) is 0 Å². The Bertz CT molecular complexity index is 838. The van der Waals surface area contributed by atoms with Crippen LogP contribution in [0.1, 0.15) is 17.0 Å². The van der Waals surface area contributed by atoms with Crippen LogP contribution >= 0.6 is 34.8 Å². The van der Waals surface area contributed by atoms with Crippen LogP contribution in [0.15, 0.2) is 36.4 Å². The average molecular weight is 385 g/mol. The van der Waals surface area contributed by atoms with Crippen molar-refractivity contribution >= 4 is 52.4 Å². The predicted octanol–water partition coefficient (Wildman–Crippen LogP) is 4.40. The van der Waals surface area contributed by atoms with Crippen molar-refractivity contribution in [2.45, 2.75) is 12.3 Å². The number of halogens is 3. The molecule has 1 atom stereocenters. The van der Waals surface area contributed by atoms with Gasteiger partial charge < -0.3 is 10.0 Å². The standard InChI is InChI=1S/C17H12Cl3NO3/c18-10-2-4-15-11(7-10)12(17(24)21(15)8-16(22)23)5-9-1-3-13(19)14(20)6-9/h1-4,6-7,12H,5,8H2,(H,22,23). The average Bonchev–Trinajstić information content (AvgIpc) is 2.75. The van der Waals surface area contributed by atoms with E-state index in [4.69, 9.17) is 39.9 Å². The maximum Gasteiger partial charge on any atom is 0.323 e. The van der Waals surface area contributed by atoms with Crippen LogP contribution in [0, 0.1) is 0 Å². The third-order valence-electron chi connectivity index (χ3n) is 3.94. The maximum atomic E-state index is 12.7. The van der Waals surface area contributed by atoms with E-state index in [1.165, 1.54) is 4.90 Å². The lowest BCUT2D eigenvalue weighted by Gasteiger charge is -2.15. The van der Waals surface area contributed by atoms with E-state index in [9.17, 15) is 9.59 Å². The topological polar surface area (TPSA) is 57.6 Å². The van der Waals surface area contributed by atoms with Gasteiger partial charge >= 0.3 is 5.97 Å². The molecule has 0 radical (unpaired) electrons. The van der Waals surface area contributed by atoms with Crippen molar-refractivity contribution < 1.29 is 14.7 Å². The summed E-state index contributed by atoms with van der Waals surface area (Å²) in [6.07, 6.45) is 0.388. The Morgan fingerprint density at radius 2 is 1.83 bits per heavy atom. The summed E-state index contributed by atoms with van der Waals surface area (Å²) in [4.78, 5) is 25.1. The van der Waals surface area contributed by atoms with Gasteiger partial charge in [-0.3, -0.25) is 9.59 Å². The molecule has 0 spiro atoms. The summed E-state index contributed by atoms with van der Waals surface area (Å²) in [5.41, 5.74) is 2.14. The van der Waals surface area contributed by atoms with Gasteiger partial charge in [0.1, 0.15) is 6.54 Å². The largest absolute Gasteiger partial charge is 0.480 e. The van der Waals surface area contributed by atoms with Gasteiger partial charge in [-0.1, -0.05) is 40.9 Å². The van der Waals surface area contributed by atoms with Crippen molar-refractivity contribution in [2.24, 2.45) is 0 Å². The Morgan fingerprint density at radius 1 is 1.08 bits per heavy atom. The summed E-state index contributed by atoms with van der Waals surface area (Å²) in [6, 6.07) is 10.2. The molecule has 124 valence electrons. The Morgan fingerprint density at radius 3 is 2.50 bits per heavy atom. The van der Waals surface area contributed by atoms with Crippen LogP contribution in [0.25, 0.3) is 0 Å². The third-order valence-corrected chi connectivity index (χ3v) is 4.91. The van der Waals surface area contributed by atoms with Gasteiger partial charge in [-0.05, 0) is 47.9 Å². The number of anilines is 1. The van der Waals surface area contributed by atoms with E-state index in [0.717, 1.165) is 11.1 Å². The van der Waals surface area contributed by atoms with Crippen LogP contribution in [0.5, 0.6) is 0 Å². The Hall–Kier alpha value is -1.75. The van der Waals surface area contributed by atoms with Crippen LogP contribution in [-0.4, -0.2) is 23.5 Å². The zero-order chi connectivity index (χ0) is 17.4. The van der Waals surface area contributed by atoms with E-state index < -0.39 is 11.9 Å². The smallest absolute Gasteiger partial charge is 0.323 e. The van der Waals surface area contributed by atoms with Crippen molar-refractivity contribution in [3.63, 3.8) is 0 Å². The lowest BCUT2D eigenvalue weighted by atomic mass is 9.93. The summed E-state index contributed by atoms with van der Waals surface area (Å²) in [6.45, 7) is -0.384. The minimum atomic E-state index is -1.07. The van der Waals surface area contributed by atoms with Crippen molar-refractivity contribution in [3.8, 4) is 0 Å². The molecule has 3 rings (SSSR count). The molecule has 0 saturated heterocycles. The lowest BCUT2D eigenvalue weighted by molar-refractivity contribution is -0.136. The highest BCUT2D eigenvalue weighted by molar-refractivity contribution is 6.42. The first-order valence-electron chi connectivity index (χ1n) is 7.13. The number of carboxylic acids is 1. The Balaban J connectivity index is 1.98. The molecular formula is C17H12Cl3NO3. The zero-order valence-electron chi connectivity index (χ0n) is 12.3. The fourth-order valence-corrected chi connectivity index (χ4v) is 3.39. The normalized spacial score (nSPS) is 16.4. The summed E-state index contributed by atoms with van der Waals surface area (Å²) < 4.78 is 0. The second-order valence-electron chi connectivity index (χ2n) is 5.53. The SMILES string of the molecule is O=C(O)CN1C(=O)C(Cc2ccc(Cl)c(Cl)c2)c2cc(Cl)ccc21. The fourth-order valence-electron chi connectivity index (χ4n) is 2.89. The van der Waals surface area contributed by atoms with Crippen LogP contribution in [0.2, 0.25) is 15.1 Å². The van der Waals surface area contributed by atoms with Gasteiger partial charge in [0.05, 0.1) is 16.0 Å². The number of rotatable bonds is 4. The molecule has 0 bridgehead atoms. The summed E-state index contributed by atoms with van der Waals surface area (Å²) in [7, 11) is 0. The van der Waals surface area contributed by atoms with Gasteiger partial charge in [0.2, 0.25) is 5.91 Å². The summed E-state index contributed by atoms with van der Waals surface area (Å²) in [5, 5.41) is 10.4. The van der Waals surface area contributed by atoms with Crippen molar-refractivity contribution in [3.05, 3.63) is 62.6 Å². The number of carbonyl (C=O) groups is 2. The van der Waals surface area contributed by atoms with Gasteiger partial charge in [-0.2, -0.15) is 0 Å². The number of amides is 1. The molecule has 0 aromatic heterocycles. The third kappa shape index (κ3) is 3.22. The van der Waals surface area contributed by atoms with E-state index in [1.54, 1.807) is 36.4 Å². The molecule has 1 amide bonds. The van der Waals surface area contributed by atoms with Crippen LogP contribution in [0.3, 0.4) is 0 Å². The number of aliphatic carboxylic acids is 1. The van der Waals surface area contributed by atoms with Gasteiger partial charge in [0.15, 0.2) is 0 Å². The molecule has 0 aliphatic carbocycles. The number of carbonyl (C=O) groups excluding carboxylic acids is 1. The van der Waals surface area contributed by atoms with E-state index in [1.807, 2.05) is 0 Å². The minimum Gasteiger partial charge on any atom is -0.480 e. The lowest BCUT2D eigenvalue weighted by Crippen LogP contribution is -2.34. The number of benzene rings is 2. The number of nitrogens with zero attached hydrogens (tertiary/aromatic N) is 1. The van der Waals surface area contributed by atoms with Gasteiger partial charge in [-0.15, -0.1) is 0 Å². The first-order chi connectivity index (χ1) is 11.4. The summed E-state index contributed by atoms with van der Waals surface area (Å²) in [5.74, 6) is -1.84. The molecule has 2 aromatic rings. The molecule has 0 fully saturated rings. The van der Waals surface area contributed by atoms with E-state index in [0.29, 0.717) is 27.2 Å². The first kappa shape index (κ1) is 17.1. The molecule has 0 saturated carbocycles. The minimum absolute atomic E-state index is 0.263. The number of hydrogen-bond acceptors (Lipinski definition) is 2. The number of hydrogen-bond donors (Lipinski definition) is 1. The van der Waals surface area contributed by atoms with Crippen molar-refractivity contribution in [2.75, 3.05) is 11.4 Å². The van der Waals surface area contributed by atoms with Crippen molar-refractivity contribution in [1.29, 1.82) is 0 Å². The Kier molecular flexibility index (Phi) is 4.72. The van der Waals surface area contributed by atoms with E-state index >= 15 is 0 Å². The molecule has 2 aromatic carbocycles. The molecule has 1 unspecified atom stereocenters. The molecule has 7 heteroatoms. The molecule has 1 heterocycles. The highest BCUT2D eigenvalue weighted by Crippen LogP contribution is 2.40. The molecule has 1 aliphatic rings. The predicted molar refractivity (Wildman–Crippen MR) is 94.3 cm³/mol. The quantitative estimate of drug-likeness (QED) is 0.850. The van der Waals surface area contributed by atoms with Crippen LogP contribution in [-0.2, 0) is 16.0 Å². The highest BCUT2D eigenvalue weighted by atomic mass is 35.5. The first-order valence-corrected chi connectivity index (χ1v) is 8.26. The molecule has 1 N–H and O–H groups in total. The Labute approximate surface area is 153 Å². The van der Waals surface area contributed by atoms with Crippen LogP contribution in [0.4, 0.5) is 5.69 Å². The molecular weight excluding hydrogens is 373 g/mol. The van der Waals surface area contributed by atoms with Gasteiger partial charge in [-0.25, -0.2) is 0 Å². The second-order valence-corrected chi connectivity index (χ2v) is 6.78. The molecule has 4 nitrogen and oxygen atoms in total. The monoisotopic (exact) mass is 383 g/mol. The number of carboxylic acid groups (broad SMARTS) is 1. The van der Waals surface area contributed by atoms with E-state index in [-0.39, 0.29) is 12.5 Å². The maximum absolute atomic E-state index is 12.7. The number of fused-ring (bicyclic) bond motifs is 1. The second kappa shape index (κ2) is 6.63. The van der Waals surface area contributed by atoms with Gasteiger partial charge in [0.25, 0.3) is 0 Å². The molecule has 1 aliphatic heterocycles. The summed E-state index contributed by atoms with van der Waals surface area (Å²) >= 11 is 18.0. The zero-order valence-corrected chi connectivity index (χ0v) is 14.6. The van der Waals surface area contributed by atoms with E-state index in [2.05, 4.69) is 0 Å². The highest BCUT2D eigenvalue weighted by Gasteiger charge is 2.38. The van der Waals surface area contributed by atoms with Crippen LogP contribution < -0.4 is 4.90 Å². The fraction of sp³-hybridized carbons (Fsp3) is 0.176. The van der Waals surface area contributed by atoms with Gasteiger partial charge in [0, 0.05) is 10.7 Å².